The van der Waals surface area contributed by atoms with Crippen LogP contribution in [0.3, 0.4) is 0 Å². The second-order valence-corrected chi connectivity index (χ2v) is 10.7. The molecule has 0 spiro atoms. The Labute approximate surface area is 215 Å². The van der Waals surface area contributed by atoms with Crippen LogP contribution in [0.15, 0.2) is 35.4 Å². The third-order valence-electron chi connectivity index (χ3n) is 5.92. The largest absolute Gasteiger partial charge is 0.435 e. The first-order chi connectivity index (χ1) is 17.9. The van der Waals surface area contributed by atoms with Gasteiger partial charge in [0.15, 0.2) is 15.5 Å². The van der Waals surface area contributed by atoms with Crippen molar-refractivity contribution in [1.29, 1.82) is 0 Å². The fourth-order valence-corrected chi connectivity index (χ4v) is 4.41. The zero-order chi connectivity index (χ0) is 29.0. The quantitative estimate of drug-likeness (QED) is 0.327. The average molecular weight is 579 g/mol. The fraction of sp³-hybridized carbons (Fsp3) is 0.318. The topological polar surface area (TPSA) is 124 Å². The number of aromatic nitrogens is 4. The van der Waals surface area contributed by atoms with Crippen LogP contribution in [0.2, 0.25) is 0 Å². The molecule has 0 aliphatic heterocycles. The van der Waals surface area contributed by atoms with Gasteiger partial charge in [0, 0.05) is 23.7 Å². The van der Waals surface area contributed by atoms with Crippen molar-refractivity contribution >= 4 is 21.4 Å². The minimum absolute atomic E-state index is 0.118. The first-order valence-corrected chi connectivity index (χ1v) is 12.7. The molecule has 1 saturated carbocycles. The van der Waals surface area contributed by atoms with Gasteiger partial charge in [0.05, 0.1) is 10.3 Å². The summed E-state index contributed by atoms with van der Waals surface area (Å²) in [6.07, 6.45) is -9.15. The van der Waals surface area contributed by atoms with Gasteiger partial charge in [0.25, 0.3) is 11.8 Å². The fourth-order valence-electron chi connectivity index (χ4n) is 3.74. The third-order valence-corrected chi connectivity index (χ3v) is 7.03. The van der Waals surface area contributed by atoms with Crippen molar-refractivity contribution < 1.29 is 48.7 Å². The van der Waals surface area contributed by atoms with Crippen molar-refractivity contribution in [1.82, 2.24) is 20.2 Å². The second kappa shape index (κ2) is 9.39. The number of sulfone groups is 1. The van der Waals surface area contributed by atoms with Gasteiger partial charge in [-0.3, -0.25) is 4.79 Å². The second-order valence-electron chi connectivity index (χ2n) is 8.64. The van der Waals surface area contributed by atoms with E-state index < -0.39 is 73.7 Å². The molecule has 1 N–H and O–H groups in total. The van der Waals surface area contributed by atoms with Gasteiger partial charge >= 0.3 is 18.4 Å². The SMILES string of the molecule is Cc1c(C(F)(F)F)nnc(Oc2ncc(C3(C(F)(F)F)CC3)c(F)n2)c1C(=O)Nc1cccc(S(C)(=O)=O)c1. The Balaban J connectivity index is 1.72. The van der Waals surface area contributed by atoms with E-state index in [2.05, 4.69) is 25.5 Å². The number of anilines is 1. The lowest BCUT2D eigenvalue weighted by atomic mass is 9.98. The van der Waals surface area contributed by atoms with Crippen molar-refractivity contribution in [2.75, 3.05) is 11.6 Å². The van der Waals surface area contributed by atoms with Gasteiger partial charge in [-0.15, -0.1) is 10.2 Å². The van der Waals surface area contributed by atoms with Crippen LogP contribution in [0, 0.1) is 12.9 Å². The van der Waals surface area contributed by atoms with E-state index in [0.717, 1.165) is 19.2 Å². The molecule has 4 rings (SSSR count). The molecule has 1 fully saturated rings. The lowest BCUT2D eigenvalue weighted by molar-refractivity contribution is -0.161. The molecule has 2 heterocycles. The predicted octanol–water partition coefficient (Wildman–Crippen LogP) is 4.77. The smallest absolute Gasteiger partial charge is 0.403 e. The van der Waals surface area contributed by atoms with E-state index in [9.17, 15) is 43.9 Å². The van der Waals surface area contributed by atoms with Gasteiger partial charge in [-0.05, 0) is 43.5 Å². The minimum Gasteiger partial charge on any atom is -0.403 e. The molecule has 2 aromatic heterocycles. The van der Waals surface area contributed by atoms with Crippen LogP contribution in [0.25, 0.3) is 0 Å². The van der Waals surface area contributed by atoms with E-state index in [1.807, 2.05) is 0 Å². The number of carbonyl (C=O) groups excluding carboxylic acids is 1. The average Bonchev–Trinajstić information content (AvgIpc) is 3.60. The summed E-state index contributed by atoms with van der Waals surface area (Å²) in [4.78, 5) is 19.6. The summed E-state index contributed by atoms with van der Waals surface area (Å²) in [5.74, 6) is -3.74. The molecule has 0 saturated heterocycles. The number of amides is 1. The van der Waals surface area contributed by atoms with Crippen LogP contribution < -0.4 is 10.1 Å². The van der Waals surface area contributed by atoms with E-state index in [4.69, 9.17) is 4.74 Å². The van der Waals surface area contributed by atoms with E-state index in [1.54, 1.807) is 0 Å². The summed E-state index contributed by atoms with van der Waals surface area (Å²) in [6, 6.07) is 3.85. The highest BCUT2D eigenvalue weighted by molar-refractivity contribution is 7.90. The summed E-state index contributed by atoms with van der Waals surface area (Å²) >= 11 is 0. The zero-order valence-corrected chi connectivity index (χ0v) is 20.6. The molecule has 0 unspecified atom stereocenters. The Hall–Kier alpha value is -3.89. The van der Waals surface area contributed by atoms with Crippen LogP contribution in [-0.2, 0) is 21.4 Å². The van der Waals surface area contributed by atoms with Gasteiger partial charge in [-0.25, -0.2) is 13.4 Å². The number of rotatable bonds is 6. The van der Waals surface area contributed by atoms with E-state index in [1.165, 1.54) is 18.2 Å². The van der Waals surface area contributed by atoms with Crippen molar-refractivity contribution in [3.05, 3.63) is 58.8 Å². The number of nitrogens with one attached hydrogen (secondary N) is 1. The van der Waals surface area contributed by atoms with E-state index in [0.29, 0.717) is 6.20 Å². The number of alkyl halides is 6. The summed E-state index contributed by atoms with van der Waals surface area (Å²) in [5.41, 5.74) is -6.58. The Kier molecular flexibility index (Phi) is 6.77. The highest BCUT2D eigenvalue weighted by atomic mass is 32.2. The van der Waals surface area contributed by atoms with Crippen LogP contribution in [0.5, 0.6) is 11.9 Å². The van der Waals surface area contributed by atoms with Crippen molar-refractivity contribution in [2.24, 2.45) is 0 Å². The van der Waals surface area contributed by atoms with Gasteiger partial charge < -0.3 is 10.1 Å². The van der Waals surface area contributed by atoms with Gasteiger partial charge in [-0.1, -0.05) is 6.07 Å². The van der Waals surface area contributed by atoms with E-state index in [-0.39, 0.29) is 23.4 Å². The predicted molar refractivity (Wildman–Crippen MR) is 118 cm³/mol. The molecule has 0 bridgehead atoms. The molecular formula is C22H16F7N5O4S. The molecule has 9 nitrogen and oxygen atoms in total. The third kappa shape index (κ3) is 5.48. The maximum atomic E-state index is 14.6. The number of ether oxygens (including phenoxy) is 1. The number of benzene rings is 1. The highest BCUT2D eigenvalue weighted by Crippen LogP contribution is 2.59. The van der Waals surface area contributed by atoms with Gasteiger partial charge in [0.1, 0.15) is 5.56 Å². The lowest BCUT2D eigenvalue weighted by Gasteiger charge is -2.19. The highest BCUT2D eigenvalue weighted by Gasteiger charge is 2.65. The Morgan fingerprint density at radius 1 is 1.10 bits per heavy atom. The molecular weight excluding hydrogens is 563 g/mol. The van der Waals surface area contributed by atoms with Gasteiger partial charge in [-0.2, -0.15) is 35.7 Å². The van der Waals surface area contributed by atoms with Crippen LogP contribution >= 0.6 is 0 Å². The molecule has 3 aromatic rings. The number of carbonyl (C=O) groups is 1. The Morgan fingerprint density at radius 2 is 1.77 bits per heavy atom. The molecule has 1 amide bonds. The van der Waals surface area contributed by atoms with Crippen LogP contribution in [0.1, 0.15) is 40.0 Å². The Morgan fingerprint density at radius 3 is 2.31 bits per heavy atom. The molecule has 208 valence electrons. The minimum atomic E-state index is -5.05. The summed E-state index contributed by atoms with van der Waals surface area (Å²) in [7, 11) is -3.70. The Bertz CT molecular complexity index is 1570. The number of hydrogen-bond acceptors (Lipinski definition) is 8. The van der Waals surface area contributed by atoms with E-state index >= 15 is 0 Å². The molecule has 0 radical (unpaired) electrons. The lowest BCUT2D eigenvalue weighted by Crippen LogP contribution is -2.30. The molecule has 1 aliphatic rings. The van der Waals surface area contributed by atoms with Crippen LogP contribution in [-0.4, -0.2) is 46.9 Å². The zero-order valence-electron chi connectivity index (χ0n) is 19.8. The molecule has 39 heavy (non-hydrogen) atoms. The molecule has 17 heteroatoms. The van der Waals surface area contributed by atoms with Crippen molar-refractivity contribution in [3.8, 4) is 11.9 Å². The normalized spacial score (nSPS) is 15.1. The van der Waals surface area contributed by atoms with Crippen molar-refractivity contribution in [2.45, 2.75) is 42.4 Å². The summed E-state index contributed by atoms with van der Waals surface area (Å²) < 4.78 is 124. The molecule has 0 atom stereocenters. The maximum Gasteiger partial charge on any atom is 0.435 e. The van der Waals surface area contributed by atoms with Crippen molar-refractivity contribution in [3.63, 3.8) is 0 Å². The summed E-state index contributed by atoms with van der Waals surface area (Å²) in [6.45, 7) is 0.872. The van der Waals surface area contributed by atoms with Crippen LogP contribution in [0.4, 0.5) is 36.4 Å². The number of halogens is 7. The first kappa shape index (κ1) is 28.1. The number of nitrogens with zero attached hydrogens (tertiary/aromatic N) is 4. The van der Waals surface area contributed by atoms with Gasteiger partial charge in [0.2, 0.25) is 5.95 Å². The molecule has 1 aromatic carbocycles. The monoisotopic (exact) mass is 579 g/mol. The molecule has 1 aliphatic carbocycles. The number of hydrogen-bond donors (Lipinski definition) is 1. The summed E-state index contributed by atoms with van der Waals surface area (Å²) in [5, 5.41) is 8.47. The maximum absolute atomic E-state index is 14.6. The standard InChI is InChI=1S/C22H16F7N5O4S/c1-10-14(17(35)31-11-4-3-5-12(8-11)39(2,36)37)18(34-33-15(10)21(24,25)26)38-19-30-9-13(16(23)32-19)20(6-7-20)22(27,28)29/h3-5,8-9H,6-7H2,1-2H3,(H,31,35). The first-order valence-electron chi connectivity index (χ1n) is 10.8.